The molecule has 1 atom stereocenters. The minimum Gasteiger partial charge on any atom is -0.351 e. The van der Waals surface area contributed by atoms with E-state index in [2.05, 4.69) is 29.0 Å². The van der Waals surface area contributed by atoms with Crippen molar-refractivity contribution in [2.45, 2.75) is 39.5 Å². The third-order valence-corrected chi connectivity index (χ3v) is 5.11. The SMILES string of the molecule is CC(C)Cc1cc(C(=O)N2CCCC(Cc3nc4ccccc4[nH]3)C2)on1. The molecule has 1 aliphatic rings. The van der Waals surface area contributed by atoms with Gasteiger partial charge in [-0.25, -0.2) is 4.98 Å². The van der Waals surface area contributed by atoms with E-state index >= 15 is 0 Å². The molecule has 3 aromatic rings. The number of amides is 1. The Morgan fingerprint density at radius 3 is 3.04 bits per heavy atom. The fraction of sp³-hybridized carbons (Fsp3) is 0.476. The number of hydrogen-bond acceptors (Lipinski definition) is 4. The summed E-state index contributed by atoms with van der Waals surface area (Å²) in [6.07, 6.45) is 3.79. The summed E-state index contributed by atoms with van der Waals surface area (Å²) in [5.74, 6) is 2.19. The summed E-state index contributed by atoms with van der Waals surface area (Å²) in [4.78, 5) is 22.8. The van der Waals surface area contributed by atoms with Crippen LogP contribution in [0.5, 0.6) is 0 Å². The van der Waals surface area contributed by atoms with Gasteiger partial charge in [-0.3, -0.25) is 4.79 Å². The number of aromatic nitrogens is 3. The van der Waals surface area contributed by atoms with E-state index < -0.39 is 0 Å². The van der Waals surface area contributed by atoms with Crippen LogP contribution in [0, 0.1) is 11.8 Å². The first-order valence-corrected chi connectivity index (χ1v) is 9.77. The number of nitrogens with one attached hydrogen (secondary N) is 1. The lowest BCUT2D eigenvalue weighted by Gasteiger charge is -2.31. The molecule has 1 aliphatic heterocycles. The van der Waals surface area contributed by atoms with Crippen LogP contribution in [0.15, 0.2) is 34.9 Å². The molecule has 6 heteroatoms. The van der Waals surface area contributed by atoms with Crippen molar-refractivity contribution in [2.75, 3.05) is 13.1 Å². The topological polar surface area (TPSA) is 75.0 Å². The van der Waals surface area contributed by atoms with Crippen molar-refractivity contribution in [1.29, 1.82) is 0 Å². The third kappa shape index (κ3) is 4.04. The first-order valence-electron chi connectivity index (χ1n) is 9.77. The normalized spacial score (nSPS) is 17.7. The monoisotopic (exact) mass is 366 g/mol. The van der Waals surface area contributed by atoms with Crippen molar-refractivity contribution < 1.29 is 9.32 Å². The van der Waals surface area contributed by atoms with Gasteiger partial charge in [-0.05, 0) is 43.2 Å². The second kappa shape index (κ2) is 7.55. The quantitative estimate of drug-likeness (QED) is 0.744. The average Bonchev–Trinajstić information content (AvgIpc) is 3.27. The molecule has 6 nitrogen and oxygen atoms in total. The third-order valence-electron chi connectivity index (χ3n) is 5.11. The van der Waals surface area contributed by atoms with Crippen molar-refractivity contribution in [1.82, 2.24) is 20.0 Å². The van der Waals surface area contributed by atoms with E-state index in [1.165, 1.54) is 0 Å². The number of H-pyrrole nitrogens is 1. The first-order chi connectivity index (χ1) is 13.1. The maximum absolute atomic E-state index is 12.8. The Morgan fingerprint density at radius 1 is 1.37 bits per heavy atom. The Hall–Kier alpha value is -2.63. The van der Waals surface area contributed by atoms with Gasteiger partial charge < -0.3 is 14.4 Å². The molecular formula is C21H26N4O2. The molecule has 0 bridgehead atoms. The Kier molecular flexibility index (Phi) is 4.97. The number of carbonyl (C=O) groups excluding carboxylic acids is 1. The molecule has 0 saturated carbocycles. The predicted octanol–water partition coefficient (Wildman–Crippen LogP) is 3.84. The van der Waals surface area contributed by atoms with Crippen LogP contribution in [0.2, 0.25) is 0 Å². The summed E-state index contributed by atoms with van der Waals surface area (Å²) in [6.45, 7) is 5.76. The standard InChI is InChI=1S/C21H26N4O2/c1-14(2)10-16-12-19(27-24-16)21(26)25-9-5-6-15(13-25)11-20-22-17-7-3-4-8-18(17)23-20/h3-4,7-8,12,14-15H,5-6,9-11,13H2,1-2H3,(H,22,23). The number of benzene rings is 1. The number of imidazole rings is 1. The molecule has 1 fully saturated rings. The molecule has 1 aromatic carbocycles. The zero-order chi connectivity index (χ0) is 18.8. The van der Waals surface area contributed by atoms with E-state index in [9.17, 15) is 4.79 Å². The summed E-state index contributed by atoms with van der Waals surface area (Å²) in [5.41, 5.74) is 2.91. The molecule has 1 saturated heterocycles. The van der Waals surface area contributed by atoms with Crippen LogP contribution in [0.3, 0.4) is 0 Å². The van der Waals surface area contributed by atoms with E-state index in [1.54, 1.807) is 6.07 Å². The van der Waals surface area contributed by atoms with Crippen molar-refractivity contribution >= 4 is 16.9 Å². The molecule has 0 spiro atoms. The van der Waals surface area contributed by atoms with Crippen LogP contribution in [0.1, 0.15) is 48.8 Å². The lowest BCUT2D eigenvalue weighted by Crippen LogP contribution is -2.40. The number of nitrogens with zero attached hydrogens (tertiary/aromatic N) is 3. The number of carbonyl (C=O) groups is 1. The second-order valence-electron chi connectivity index (χ2n) is 7.94. The summed E-state index contributed by atoms with van der Waals surface area (Å²) in [5, 5.41) is 4.05. The number of aromatic amines is 1. The van der Waals surface area contributed by atoms with Crippen LogP contribution in [-0.4, -0.2) is 39.0 Å². The Morgan fingerprint density at radius 2 is 2.22 bits per heavy atom. The Labute approximate surface area is 158 Å². The maximum Gasteiger partial charge on any atom is 0.292 e. The number of fused-ring (bicyclic) bond motifs is 1. The fourth-order valence-electron chi connectivity index (χ4n) is 3.87. The molecular weight excluding hydrogens is 340 g/mol. The van der Waals surface area contributed by atoms with Crippen LogP contribution in [0.25, 0.3) is 11.0 Å². The van der Waals surface area contributed by atoms with Crippen molar-refractivity contribution in [3.63, 3.8) is 0 Å². The second-order valence-corrected chi connectivity index (χ2v) is 7.94. The zero-order valence-corrected chi connectivity index (χ0v) is 15.9. The highest BCUT2D eigenvalue weighted by molar-refractivity contribution is 5.91. The first kappa shape index (κ1) is 17.8. The largest absolute Gasteiger partial charge is 0.351 e. The molecule has 0 aliphatic carbocycles. The van der Waals surface area contributed by atoms with Gasteiger partial charge in [-0.2, -0.15) is 0 Å². The smallest absolute Gasteiger partial charge is 0.292 e. The van der Waals surface area contributed by atoms with E-state index in [4.69, 9.17) is 4.52 Å². The van der Waals surface area contributed by atoms with E-state index in [-0.39, 0.29) is 5.91 Å². The van der Waals surface area contributed by atoms with Crippen molar-refractivity contribution in [3.8, 4) is 0 Å². The van der Waals surface area contributed by atoms with Crippen LogP contribution in [-0.2, 0) is 12.8 Å². The van der Waals surface area contributed by atoms with Gasteiger partial charge in [0.15, 0.2) is 0 Å². The van der Waals surface area contributed by atoms with Gasteiger partial charge >= 0.3 is 0 Å². The van der Waals surface area contributed by atoms with Gasteiger partial charge in [-0.15, -0.1) is 0 Å². The predicted molar refractivity (Wildman–Crippen MR) is 103 cm³/mol. The summed E-state index contributed by atoms with van der Waals surface area (Å²) in [7, 11) is 0. The molecule has 3 heterocycles. The van der Waals surface area contributed by atoms with Crippen LogP contribution >= 0.6 is 0 Å². The molecule has 0 radical (unpaired) electrons. The molecule has 1 amide bonds. The number of piperidine rings is 1. The average molecular weight is 366 g/mol. The Bertz CT molecular complexity index is 894. The highest BCUT2D eigenvalue weighted by Gasteiger charge is 2.27. The maximum atomic E-state index is 12.8. The zero-order valence-electron chi connectivity index (χ0n) is 15.9. The van der Waals surface area contributed by atoms with E-state index in [0.717, 1.165) is 61.3 Å². The minimum atomic E-state index is -0.0492. The highest BCUT2D eigenvalue weighted by atomic mass is 16.5. The number of rotatable bonds is 5. The lowest BCUT2D eigenvalue weighted by atomic mass is 9.94. The van der Waals surface area contributed by atoms with E-state index in [1.807, 2.05) is 29.2 Å². The molecule has 27 heavy (non-hydrogen) atoms. The van der Waals surface area contributed by atoms with Crippen LogP contribution < -0.4 is 0 Å². The van der Waals surface area contributed by atoms with Gasteiger partial charge in [0.25, 0.3) is 5.91 Å². The lowest BCUT2D eigenvalue weighted by molar-refractivity contribution is 0.0630. The molecule has 2 aromatic heterocycles. The van der Waals surface area contributed by atoms with Crippen molar-refractivity contribution in [2.24, 2.45) is 11.8 Å². The number of likely N-dealkylation sites (tertiary alicyclic amines) is 1. The summed E-state index contributed by atoms with van der Waals surface area (Å²) in [6, 6.07) is 9.87. The van der Waals surface area contributed by atoms with Gasteiger partial charge in [-0.1, -0.05) is 31.1 Å². The number of hydrogen-bond donors (Lipinski definition) is 1. The molecule has 142 valence electrons. The van der Waals surface area contributed by atoms with Crippen LogP contribution in [0.4, 0.5) is 0 Å². The summed E-state index contributed by atoms with van der Waals surface area (Å²) < 4.78 is 5.31. The van der Waals surface area contributed by atoms with E-state index in [0.29, 0.717) is 17.6 Å². The van der Waals surface area contributed by atoms with Crippen molar-refractivity contribution in [3.05, 3.63) is 47.6 Å². The number of para-hydroxylation sites is 2. The minimum absolute atomic E-state index is 0.0492. The molecule has 1 N–H and O–H groups in total. The highest BCUT2D eigenvalue weighted by Crippen LogP contribution is 2.23. The van der Waals surface area contributed by atoms with Gasteiger partial charge in [0.2, 0.25) is 5.76 Å². The van der Waals surface area contributed by atoms with Gasteiger partial charge in [0, 0.05) is 25.6 Å². The van der Waals surface area contributed by atoms with Gasteiger partial charge in [0.1, 0.15) is 5.82 Å². The fourth-order valence-corrected chi connectivity index (χ4v) is 3.87. The van der Waals surface area contributed by atoms with Gasteiger partial charge in [0.05, 0.1) is 16.7 Å². The summed E-state index contributed by atoms with van der Waals surface area (Å²) >= 11 is 0. The molecule has 4 rings (SSSR count). The molecule has 1 unspecified atom stereocenters. The Balaban J connectivity index is 1.41.